The maximum absolute atomic E-state index is 6.50. The Balaban J connectivity index is 1.62. The largest absolute Gasteiger partial charge is 0.497 e. The molecule has 1 aromatic heterocycles. The number of hydrogen-bond donors (Lipinski definition) is 0. The van der Waals surface area contributed by atoms with Crippen molar-refractivity contribution in [2.75, 3.05) is 0 Å². The Kier molecular flexibility index (Phi) is 4.74. The van der Waals surface area contributed by atoms with Crippen LogP contribution in [-0.4, -0.2) is 22.9 Å². The first-order chi connectivity index (χ1) is 16.4. The number of rotatable bonds is 3. The fraction of sp³-hybridized carbons (Fsp3) is 0.200. The molecule has 0 N–H and O–H groups in total. The van der Waals surface area contributed by atoms with Crippen molar-refractivity contribution in [3.63, 3.8) is 0 Å². The van der Waals surface area contributed by atoms with E-state index in [0.29, 0.717) is 0 Å². The Morgan fingerprint density at radius 3 is 2.00 bits per heavy atom. The lowest BCUT2D eigenvalue weighted by atomic mass is 9.77. The smallest absolute Gasteiger partial charge is 0.399 e. The Morgan fingerprint density at radius 2 is 1.24 bits per heavy atom. The van der Waals surface area contributed by atoms with Gasteiger partial charge in [0.2, 0.25) is 0 Å². The summed E-state index contributed by atoms with van der Waals surface area (Å²) in [4.78, 5) is 0. The van der Waals surface area contributed by atoms with E-state index in [1.807, 2.05) is 0 Å². The SMILES string of the molecule is CC1(C)OB(c2cccc3c4ccccc4n(-c4cccc(-c5ccccc5)c4)c23)OC1(C)C. The molecular formula is C30H28BNO2. The molecule has 0 spiro atoms. The predicted octanol–water partition coefficient (Wildman–Crippen LogP) is 6.75. The lowest BCUT2D eigenvalue weighted by Crippen LogP contribution is -2.41. The van der Waals surface area contributed by atoms with Gasteiger partial charge in [-0.05, 0) is 57.0 Å². The third kappa shape index (κ3) is 3.21. The summed E-state index contributed by atoms with van der Waals surface area (Å²) in [6.45, 7) is 8.41. The molecule has 2 heterocycles. The number of hydrogen-bond acceptors (Lipinski definition) is 2. The molecule has 0 atom stereocenters. The molecule has 3 nitrogen and oxygen atoms in total. The summed E-state index contributed by atoms with van der Waals surface area (Å²) in [5.41, 5.74) is 6.08. The van der Waals surface area contributed by atoms with Crippen LogP contribution < -0.4 is 5.46 Å². The van der Waals surface area contributed by atoms with E-state index in [2.05, 4.69) is 129 Å². The fourth-order valence-corrected chi connectivity index (χ4v) is 4.93. The minimum atomic E-state index is -0.436. The molecule has 4 heteroatoms. The van der Waals surface area contributed by atoms with Crippen LogP contribution in [0.15, 0.2) is 97.1 Å². The number of fused-ring (bicyclic) bond motifs is 3. The lowest BCUT2D eigenvalue weighted by Gasteiger charge is -2.32. The Bertz CT molecular complexity index is 1500. The van der Waals surface area contributed by atoms with E-state index >= 15 is 0 Å². The normalized spacial score (nSPS) is 17.0. The van der Waals surface area contributed by atoms with Gasteiger partial charge in [-0.1, -0.05) is 78.9 Å². The number of para-hydroxylation sites is 2. The second-order valence-electron chi connectivity index (χ2n) is 10.1. The minimum absolute atomic E-state index is 0.399. The second-order valence-corrected chi connectivity index (χ2v) is 10.1. The van der Waals surface area contributed by atoms with Crippen molar-refractivity contribution in [3.8, 4) is 16.8 Å². The minimum Gasteiger partial charge on any atom is -0.399 e. The predicted molar refractivity (Wildman–Crippen MR) is 142 cm³/mol. The van der Waals surface area contributed by atoms with E-state index in [4.69, 9.17) is 9.31 Å². The highest BCUT2D eigenvalue weighted by molar-refractivity contribution is 6.65. The van der Waals surface area contributed by atoms with E-state index in [1.54, 1.807) is 0 Å². The van der Waals surface area contributed by atoms with Crippen LogP contribution in [0.4, 0.5) is 0 Å². The molecule has 1 aliphatic rings. The molecule has 34 heavy (non-hydrogen) atoms. The van der Waals surface area contributed by atoms with Crippen LogP contribution >= 0.6 is 0 Å². The van der Waals surface area contributed by atoms with E-state index in [-0.39, 0.29) is 0 Å². The van der Waals surface area contributed by atoms with Crippen molar-refractivity contribution >= 4 is 34.4 Å². The van der Waals surface area contributed by atoms with Crippen LogP contribution in [0.25, 0.3) is 38.6 Å². The van der Waals surface area contributed by atoms with Crippen molar-refractivity contribution in [1.29, 1.82) is 0 Å². The van der Waals surface area contributed by atoms with Gasteiger partial charge in [-0.2, -0.15) is 0 Å². The Labute approximate surface area is 201 Å². The maximum Gasteiger partial charge on any atom is 0.497 e. The summed E-state index contributed by atoms with van der Waals surface area (Å²) in [5, 5.41) is 2.42. The van der Waals surface area contributed by atoms with E-state index in [9.17, 15) is 0 Å². The zero-order chi connectivity index (χ0) is 23.5. The summed E-state index contributed by atoms with van der Waals surface area (Å²) in [5.74, 6) is 0. The van der Waals surface area contributed by atoms with E-state index in [1.165, 1.54) is 27.4 Å². The molecule has 1 aliphatic heterocycles. The van der Waals surface area contributed by atoms with Crippen molar-refractivity contribution in [2.45, 2.75) is 38.9 Å². The Morgan fingerprint density at radius 1 is 0.618 bits per heavy atom. The molecule has 0 unspecified atom stereocenters. The van der Waals surface area contributed by atoms with Crippen LogP contribution in [-0.2, 0) is 9.31 Å². The van der Waals surface area contributed by atoms with Crippen molar-refractivity contribution < 1.29 is 9.31 Å². The first-order valence-electron chi connectivity index (χ1n) is 11.9. The number of aromatic nitrogens is 1. The second kappa shape index (κ2) is 7.59. The molecule has 0 radical (unpaired) electrons. The van der Waals surface area contributed by atoms with Crippen LogP contribution in [0.5, 0.6) is 0 Å². The monoisotopic (exact) mass is 445 g/mol. The molecule has 1 fully saturated rings. The quantitative estimate of drug-likeness (QED) is 0.287. The van der Waals surface area contributed by atoms with Crippen LogP contribution in [0, 0.1) is 0 Å². The van der Waals surface area contributed by atoms with E-state index in [0.717, 1.165) is 16.7 Å². The van der Waals surface area contributed by atoms with Gasteiger partial charge in [-0.3, -0.25) is 0 Å². The molecule has 5 aromatic rings. The Hall–Kier alpha value is -3.34. The summed E-state index contributed by atoms with van der Waals surface area (Å²) >= 11 is 0. The van der Waals surface area contributed by atoms with Gasteiger partial charge in [0.1, 0.15) is 0 Å². The van der Waals surface area contributed by atoms with Crippen molar-refractivity contribution in [3.05, 3.63) is 97.1 Å². The molecule has 6 rings (SSSR count). The molecule has 1 saturated heterocycles. The van der Waals surface area contributed by atoms with Gasteiger partial charge in [-0.25, -0.2) is 0 Å². The summed E-state index contributed by atoms with van der Waals surface area (Å²) in [6, 6.07) is 34.3. The highest BCUT2D eigenvalue weighted by Crippen LogP contribution is 2.38. The van der Waals surface area contributed by atoms with Gasteiger partial charge >= 0.3 is 7.12 Å². The maximum atomic E-state index is 6.50. The first-order valence-corrected chi connectivity index (χ1v) is 11.9. The standard InChI is InChI=1S/C30H28BNO2/c1-29(2)30(3,4)34-31(33-29)26-18-11-17-25-24-16-8-9-19-27(24)32(28(25)26)23-15-10-14-22(20-23)21-12-6-5-7-13-21/h5-20H,1-4H3. The van der Waals surface area contributed by atoms with Gasteiger partial charge in [0.05, 0.1) is 22.2 Å². The van der Waals surface area contributed by atoms with Crippen LogP contribution in [0.1, 0.15) is 27.7 Å². The average molecular weight is 445 g/mol. The van der Waals surface area contributed by atoms with Gasteiger partial charge in [0, 0.05) is 21.9 Å². The summed E-state index contributed by atoms with van der Waals surface area (Å²) in [7, 11) is -0.436. The molecule has 0 aliphatic carbocycles. The number of nitrogens with zero attached hydrogens (tertiary/aromatic N) is 1. The first kappa shape index (κ1) is 21.2. The number of benzene rings is 4. The van der Waals surface area contributed by atoms with Crippen LogP contribution in [0.3, 0.4) is 0 Å². The molecule has 0 amide bonds. The fourth-order valence-electron chi connectivity index (χ4n) is 4.93. The van der Waals surface area contributed by atoms with Crippen molar-refractivity contribution in [1.82, 2.24) is 4.57 Å². The topological polar surface area (TPSA) is 23.4 Å². The van der Waals surface area contributed by atoms with Gasteiger partial charge < -0.3 is 13.9 Å². The lowest BCUT2D eigenvalue weighted by molar-refractivity contribution is 0.00578. The molecular weight excluding hydrogens is 417 g/mol. The van der Waals surface area contributed by atoms with Gasteiger partial charge in [0.25, 0.3) is 0 Å². The van der Waals surface area contributed by atoms with Crippen molar-refractivity contribution in [2.24, 2.45) is 0 Å². The molecule has 0 saturated carbocycles. The van der Waals surface area contributed by atoms with Crippen LogP contribution in [0.2, 0.25) is 0 Å². The molecule has 168 valence electrons. The van der Waals surface area contributed by atoms with Gasteiger partial charge in [0.15, 0.2) is 0 Å². The molecule has 0 bridgehead atoms. The highest BCUT2D eigenvalue weighted by atomic mass is 16.7. The molecule has 4 aromatic carbocycles. The third-order valence-corrected chi connectivity index (χ3v) is 7.44. The average Bonchev–Trinajstić information content (AvgIpc) is 3.29. The zero-order valence-corrected chi connectivity index (χ0v) is 20.1. The van der Waals surface area contributed by atoms with E-state index < -0.39 is 18.3 Å². The van der Waals surface area contributed by atoms with Gasteiger partial charge in [-0.15, -0.1) is 0 Å². The summed E-state index contributed by atoms with van der Waals surface area (Å²) < 4.78 is 15.4. The summed E-state index contributed by atoms with van der Waals surface area (Å²) in [6.07, 6.45) is 0. The zero-order valence-electron chi connectivity index (χ0n) is 20.1. The highest BCUT2D eigenvalue weighted by Gasteiger charge is 2.52. The third-order valence-electron chi connectivity index (χ3n) is 7.44.